The first-order valence-electron chi connectivity index (χ1n) is 4.37. The van der Waals surface area contributed by atoms with Crippen molar-refractivity contribution in [1.29, 1.82) is 0 Å². The summed E-state index contributed by atoms with van der Waals surface area (Å²) >= 11 is 0. The maximum absolute atomic E-state index is 12.1. The van der Waals surface area contributed by atoms with E-state index in [4.69, 9.17) is 5.11 Å². The normalized spacial score (nSPS) is 11.2. The van der Waals surface area contributed by atoms with Crippen LogP contribution in [0.2, 0.25) is 0 Å². The van der Waals surface area contributed by atoms with Gasteiger partial charge in [-0.25, -0.2) is 0 Å². The second-order valence-electron chi connectivity index (χ2n) is 2.93. The Hall–Kier alpha value is -2.10. The molecule has 100 valence electrons. The van der Waals surface area contributed by atoms with Crippen LogP contribution in [-0.2, 0) is 6.61 Å². The van der Waals surface area contributed by atoms with E-state index in [1.54, 1.807) is 0 Å². The van der Waals surface area contributed by atoms with Crippen LogP contribution in [0, 0.1) is 10.1 Å². The van der Waals surface area contributed by atoms with Crippen LogP contribution in [-0.4, -0.2) is 28.5 Å². The Balaban J connectivity index is 3.35. The molecular weight excluding hydrogens is 261 g/mol. The molecule has 0 unspecified atom stereocenters. The second kappa shape index (κ2) is 5.04. The molecule has 0 spiro atoms. The highest BCUT2D eigenvalue weighted by atomic mass is 19.4. The van der Waals surface area contributed by atoms with Crippen LogP contribution in [0.3, 0.4) is 0 Å². The van der Waals surface area contributed by atoms with Gasteiger partial charge in [0, 0.05) is 4.98 Å². The van der Waals surface area contributed by atoms with Crippen LogP contribution >= 0.6 is 0 Å². The largest absolute Gasteiger partial charge is 0.573 e. The zero-order chi connectivity index (χ0) is 13.9. The fraction of sp³-hybridized carbons (Fsp3) is 0.375. The number of alkyl halides is 3. The summed E-state index contributed by atoms with van der Waals surface area (Å²) in [5, 5.41) is 19.4. The van der Waals surface area contributed by atoms with Gasteiger partial charge in [0.15, 0.2) is 5.75 Å². The summed E-state index contributed by atoms with van der Waals surface area (Å²) in [6.45, 7) is -0.875. The third-order valence-electron chi connectivity index (χ3n) is 1.80. The molecule has 0 amide bonds. The van der Waals surface area contributed by atoms with Gasteiger partial charge in [-0.05, 0) is 4.92 Å². The summed E-state index contributed by atoms with van der Waals surface area (Å²) in [6, 6.07) is 0.460. The lowest BCUT2D eigenvalue weighted by atomic mass is 10.2. The van der Waals surface area contributed by atoms with Gasteiger partial charge in [0.2, 0.25) is 0 Å². The number of ether oxygens (including phenoxy) is 2. The SMILES string of the molecule is COc1nc([N+](=O)[O-])cc(OC(F)(F)F)c1CO. The molecule has 0 bridgehead atoms. The minimum Gasteiger partial charge on any atom is -0.462 e. The number of nitrogens with zero attached hydrogens (tertiary/aromatic N) is 2. The predicted octanol–water partition coefficient (Wildman–Crippen LogP) is 1.39. The predicted molar refractivity (Wildman–Crippen MR) is 50.0 cm³/mol. The lowest BCUT2D eigenvalue weighted by Crippen LogP contribution is -2.19. The van der Waals surface area contributed by atoms with E-state index in [2.05, 4.69) is 14.5 Å². The van der Waals surface area contributed by atoms with Crippen molar-refractivity contribution in [2.75, 3.05) is 7.11 Å². The average molecular weight is 268 g/mol. The van der Waals surface area contributed by atoms with Crippen LogP contribution in [0.1, 0.15) is 5.56 Å². The van der Waals surface area contributed by atoms with Gasteiger partial charge >= 0.3 is 18.1 Å². The number of hydrogen-bond acceptors (Lipinski definition) is 6. The fourth-order valence-corrected chi connectivity index (χ4v) is 1.14. The minimum atomic E-state index is -5.05. The van der Waals surface area contributed by atoms with E-state index in [9.17, 15) is 23.3 Å². The first-order valence-corrected chi connectivity index (χ1v) is 4.37. The monoisotopic (exact) mass is 268 g/mol. The lowest BCUT2D eigenvalue weighted by molar-refractivity contribution is -0.389. The molecule has 7 nitrogen and oxygen atoms in total. The Kier molecular flexibility index (Phi) is 3.91. The minimum absolute atomic E-state index is 0.430. The van der Waals surface area contributed by atoms with Crippen LogP contribution in [0.15, 0.2) is 6.07 Å². The molecular formula is C8H7F3N2O5. The number of nitro groups is 1. The molecule has 0 aliphatic heterocycles. The van der Waals surface area contributed by atoms with Crippen LogP contribution < -0.4 is 9.47 Å². The molecule has 0 saturated heterocycles. The van der Waals surface area contributed by atoms with Crippen molar-refractivity contribution in [3.63, 3.8) is 0 Å². The third-order valence-corrected chi connectivity index (χ3v) is 1.80. The highest BCUT2D eigenvalue weighted by Crippen LogP contribution is 2.34. The van der Waals surface area contributed by atoms with Gasteiger partial charge in [-0.15, -0.1) is 13.2 Å². The number of aliphatic hydroxyl groups is 1. The standard InChI is InChI=1S/C8H7F3N2O5/c1-17-7-4(3-14)5(18-8(9,10)11)2-6(12-7)13(15)16/h2,14H,3H2,1H3. The number of aliphatic hydroxyl groups excluding tert-OH is 1. The van der Waals surface area contributed by atoms with Gasteiger partial charge in [0.05, 0.1) is 19.8 Å². The van der Waals surface area contributed by atoms with Crippen LogP contribution in [0.5, 0.6) is 11.6 Å². The maximum Gasteiger partial charge on any atom is 0.573 e. The fourth-order valence-electron chi connectivity index (χ4n) is 1.14. The number of rotatable bonds is 4. The molecule has 0 aromatic carbocycles. The zero-order valence-electron chi connectivity index (χ0n) is 8.89. The molecule has 0 atom stereocenters. The van der Waals surface area contributed by atoms with Gasteiger partial charge in [-0.2, -0.15) is 0 Å². The van der Waals surface area contributed by atoms with E-state index < -0.39 is 40.9 Å². The number of hydrogen-bond donors (Lipinski definition) is 1. The molecule has 10 heteroatoms. The van der Waals surface area contributed by atoms with E-state index >= 15 is 0 Å². The Morgan fingerprint density at radius 2 is 2.17 bits per heavy atom. The van der Waals surface area contributed by atoms with Gasteiger partial charge in [0.25, 0.3) is 0 Å². The van der Waals surface area contributed by atoms with Crippen molar-refractivity contribution < 1.29 is 32.7 Å². The zero-order valence-corrected chi connectivity index (χ0v) is 8.89. The first kappa shape index (κ1) is 14.0. The van der Waals surface area contributed by atoms with Crippen molar-refractivity contribution in [3.05, 3.63) is 21.7 Å². The third kappa shape index (κ3) is 3.20. The van der Waals surface area contributed by atoms with Gasteiger partial charge in [0.1, 0.15) is 5.56 Å². The Labute approximate surface area is 97.9 Å². The summed E-state index contributed by atoms with van der Waals surface area (Å²) < 4.78 is 44.4. The number of aromatic nitrogens is 1. The summed E-state index contributed by atoms with van der Waals surface area (Å²) in [6.07, 6.45) is -5.05. The van der Waals surface area contributed by atoms with Crippen molar-refractivity contribution in [3.8, 4) is 11.6 Å². The summed E-state index contributed by atoms with van der Waals surface area (Å²) in [5.74, 6) is -2.32. The van der Waals surface area contributed by atoms with Crippen molar-refractivity contribution >= 4 is 5.82 Å². The number of methoxy groups -OCH3 is 1. The van der Waals surface area contributed by atoms with Crippen LogP contribution in [0.4, 0.5) is 19.0 Å². The quantitative estimate of drug-likeness (QED) is 0.655. The Morgan fingerprint density at radius 3 is 2.56 bits per heavy atom. The maximum atomic E-state index is 12.1. The van der Waals surface area contributed by atoms with Crippen LogP contribution in [0.25, 0.3) is 0 Å². The molecule has 0 aliphatic carbocycles. The molecule has 0 fully saturated rings. The average Bonchev–Trinajstić information content (AvgIpc) is 2.25. The highest BCUT2D eigenvalue weighted by molar-refractivity contribution is 5.45. The molecule has 1 heterocycles. The summed E-state index contributed by atoms with van der Waals surface area (Å²) in [5.41, 5.74) is -0.430. The van der Waals surface area contributed by atoms with Gasteiger partial charge in [-0.1, -0.05) is 0 Å². The lowest BCUT2D eigenvalue weighted by Gasteiger charge is -2.12. The smallest absolute Gasteiger partial charge is 0.462 e. The number of halogens is 3. The molecule has 0 aliphatic rings. The van der Waals surface area contributed by atoms with E-state index in [-0.39, 0.29) is 0 Å². The van der Waals surface area contributed by atoms with E-state index in [0.717, 1.165) is 7.11 Å². The summed E-state index contributed by atoms with van der Waals surface area (Å²) in [4.78, 5) is 12.8. The van der Waals surface area contributed by atoms with Crippen molar-refractivity contribution in [2.45, 2.75) is 13.0 Å². The molecule has 18 heavy (non-hydrogen) atoms. The molecule has 1 aromatic heterocycles. The molecule has 0 saturated carbocycles. The molecule has 0 radical (unpaired) electrons. The second-order valence-corrected chi connectivity index (χ2v) is 2.93. The van der Waals surface area contributed by atoms with Gasteiger partial charge < -0.3 is 24.7 Å². The highest BCUT2D eigenvalue weighted by Gasteiger charge is 2.35. The first-order chi connectivity index (χ1) is 8.28. The van der Waals surface area contributed by atoms with Gasteiger partial charge in [-0.3, -0.25) is 0 Å². The van der Waals surface area contributed by atoms with Crippen molar-refractivity contribution in [2.24, 2.45) is 0 Å². The Morgan fingerprint density at radius 1 is 1.56 bits per heavy atom. The molecule has 1 rings (SSSR count). The number of pyridine rings is 1. The van der Waals surface area contributed by atoms with Crippen molar-refractivity contribution in [1.82, 2.24) is 4.98 Å². The Bertz CT molecular complexity index is 463. The van der Waals surface area contributed by atoms with E-state index in [0.29, 0.717) is 6.07 Å². The molecule has 1 N–H and O–H groups in total. The summed E-state index contributed by atoms with van der Waals surface area (Å²) in [7, 11) is 1.04. The topological polar surface area (TPSA) is 94.7 Å². The molecule has 1 aromatic rings. The van der Waals surface area contributed by atoms with E-state index in [1.165, 1.54) is 0 Å². The van der Waals surface area contributed by atoms with E-state index in [1.807, 2.05) is 0 Å².